The Morgan fingerprint density at radius 1 is 1.15 bits per heavy atom. The van der Waals surface area contributed by atoms with Crippen LogP contribution in [0.25, 0.3) is 11.0 Å². The number of imidazole rings is 1. The molecule has 0 bridgehead atoms. The number of aromatic nitrogens is 2. The van der Waals surface area contributed by atoms with E-state index in [1.807, 2.05) is 47.0 Å². The number of nitrogens with zero attached hydrogens (tertiary/aromatic N) is 3. The summed E-state index contributed by atoms with van der Waals surface area (Å²) in [6.07, 6.45) is 0. The number of para-hydroxylation sites is 2. The fourth-order valence-corrected chi connectivity index (χ4v) is 2.34. The van der Waals surface area contributed by atoms with E-state index in [9.17, 15) is 5.11 Å². The highest BCUT2D eigenvalue weighted by Crippen LogP contribution is 2.18. The molecule has 0 fully saturated rings. The second-order valence-electron chi connectivity index (χ2n) is 4.57. The number of fused-ring (bicyclic) bond motifs is 1. The van der Waals surface area contributed by atoms with Crippen molar-refractivity contribution in [1.29, 1.82) is 5.26 Å². The standard InChI is InChI=1S/C16H13N3O/c17-9-12-4-3-5-13(8-12)10-19-15-7-2-1-6-14(15)18-16(19)11-20/h1-8,20H,10-11H2. The minimum Gasteiger partial charge on any atom is -0.388 e. The van der Waals surface area contributed by atoms with Gasteiger partial charge in [0.1, 0.15) is 12.4 Å². The molecule has 0 aliphatic heterocycles. The second-order valence-corrected chi connectivity index (χ2v) is 4.57. The van der Waals surface area contributed by atoms with Crippen LogP contribution in [0, 0.1) is 11.3 Å². The molecular weight excluding hydrogens is 250 g/mol. The van der Waals surface area contributed by atoms with Crippen LogP contribution in [0.5, 0.6) is 0 Å². The molecule has 0 saturated heterocycles. The molecule has 2 aromatic carbocycles. The van der Waals surface area contributed by atoms with Crippen LogP contribution in [0.1, 0.15) is 17.0 Å². The monoisotopic (exact) mass is 263 g/mol. The number of hydrogen-bond acceptors (Lipinski definition) is 3. The Morgan fingerprint density at radius 2 is 2.00 bits per heavy atom. The summed E-state index contributed by atoms with van der Waals surface area (Å²) in [5.74, 6) is 0.633. The maximum atomic E-state index is 9.46. The minimum atomic E-state index is -0.105. The van der Waals surface area contributed by atoms with E-state index in [1.165, 1.54) is 0 Å². The topological polar surface area (TPSA) is 61.8 Å². The number of aliphatic hydroxyl groups is 1. The van der Waals surface area contributed by atoms with E-state index >= 15 is 0 Å². The van der Waals surface area contributed by atoms with E-state index in [0.29, 0.717) is 17.9 Å². The molecule has 0 saturated carbocycles. The molecule has 0 amide bonds. The van der Waals surface area contributed by atoms with E-state index in [-0.39, 0.29) is 6.61 Å². The first kappa shape index (κ1) is 12.4. The molecule has 4 nitrogen and oxygen atoms in total. The second kappa shape index (κ2) is 5.16. The van der Waals surface area contributed by atoms with E-state index in [2.05, 4.69) is 11.1 Å². The van der Waals surface area contributed by atoms with Crippen LogP contribution in [0.15, 0.2) is 48.5 Å². The van der Waals surface area contributed by atoms with Gasteiger partial charge in [-0.15, -0.1) is 0 Å². The third-order valence-corrected chi connectivity index (χ3v) is 3.27. The molecule has 0 aliphatic carbocycles. The molecule has 3 aromatic rings. The first-order valence-electron chi connectivity index (χ1n) is 6.36. The minimum absolute atomic E-state index is 0.105. The zero-order chi connectivity index (χ0) is 13.9. The van der Waals surface area contributed by atoms with Gasteiger partial charge in [0.25, 0.3) is 0 Å². The van der Waals surface area contributed by atoms with Gasteiger partial charge in [-0.05, 0) is 29.8 Å². The van der Waals surface area contributed by atoms with Crippen LogP contribution in [-0.2, 0) is 13.2 Å². The van der Waals surface area contributed by atoms with Gasteiger partial charge in [-0.1, -0.05) is 24.3 Å². The molecular formula is C16H13N3O. The van der Waals surface area contributed by atoms with E-state index < -0.39 is 0 Å². The van der Waals surface area contributed by atoms with Crippen LogP contribution >= 0.6 is 0 Å². The SMILES string of the molecule is N#Cc1cccc(Cn2c(CO)nc3ccccc32)c1. The molecule has 0 atom stereocenters. The molecule has 0 spiro atoms. The molecule has 4 heteroatoms. The highest BCUT2D eigenvalue weighted by Gasteiger charge is 2.09. The normalized spacial score (nSPS) is 10.6. The largest absolute Gasteiger partial charge is 0.388 e. The summed E-state index contributed by atoms with van der Waals surface area (Å²) in [6, 6.07) is 17.4. The van der Waals surface area contributed by atoms with Crippen molar-refractivity contribution in [2.75, 3.05) is 0 Å². The lowest BCUT2D eigenvalue weighted by Gasteiger charge is -2.08. The lowest BCUT2D eigenvalue weighted by molar-refractivity contribution is 0.267. The zero-order valence-corrected chi connectivity index (χ0v) is 10.8. The van der Waals surface area contributed by atoms with Crippen molar-refractivity contribution in [3.8, 4) is 6.07 Å². The molecule has 1 N–H and O–H groups in total. The summed E-state index contributed by atoms with van der Waals surface area (Å²) >= 11 is 0. The van der Waals surface area contributed by atoms with Crippen molar-refractivity contribution in [2.45, 2.75) is 13.2 Å². The molecule has 20 heavy (non-hydrogen) atoms. The van der Waals surface area contributed by atoms with Gasteiger partial charge in [0.2, 0.25) is 0 Å². The number of aliphatic hydroxyl groups excluding tert-OH is 1. The average molecular weight is 263 g/mol. The van der Waals surface area contributed by atoms with Gasteiger partial charge in [0, 0.05) is 6.54 Å². The molecule has 1 heterocycles. The molecule has 1 aromatic heterocycles. The van der Waals surface area contributed by atoms with Crippen LogP contribution in [0.3, 0.4) is 0 Å². The molecule has 0 radical (unpaired) electrons. The Kier molecular flexibility index (Phi) is 3.20. The van der Waals surface area contributed by atoms with E-state index in [4.69, 9.17) is 5.26 Å². The van der Waals surface area contributed by atoms with Gasteiger partial charge >= 0.3 is 0 Å². The molecule has 0 unspecified atom stereocenters. The van der Waals surface area contributed by atoms with Crippen LogP contribution in [0.4, 0.5) is 0 Å². The van der Waals surface area contributed by atoms with Gasteiger partial charge in [-0.25, -0.2) is 4.98 Å². The Labute approximate surface area is 116 Å². The Hall–Kier alpha value is -2.64. The van der Waals surface area contributed by atoms with Crippen LogP contribution in [0.2, 0.25) is 0 Å². The maximum Gasteiger partial charge on any atom is 0.136 e. The van der Waals surface area contributed by atoms with Crippen molar-refractivity contribution < 1.29 is 5.11 Å². The van der Waals surface area contributed by atoms with Crippen molar-refractivity contribution >= 4 is 11.0 Å². The Bertz CT molecular complexity index is 799. The van der Waals surface area contributed by atoms with Gasteiger partial charge < -0.3 is 9.67 Å². The third kappa shape index (κ3) is 2.15. The van der Waals surface area contributed by atoms with Crippen molar-refractivity contribution in [1.82, 2.24) is 9.55 Å². The number of hydrogen-bond donors (Lipinski definition) is 1. The highest BCUT2D eigenvalue weighted by molar-refractivity contribution is 5.76. The predicted molar refractivity (Wildman–Crippen MR) is 75.9 cm³/mol. The van der Waals surface area contributed by atoms with E-state index in [1.54, 1.807) is 6.07 Å². The van der Waals surface area contributed by atoms with Gasteiger partial charge in [-0.2, -0.15) is 5.26 Å². The van der Waals surface area contributed by atoms with Crippen molar-refractivity contribution in [2.24, 2.45) is 0 Å². The zero-order valence-electron chi connectivity index (χ0n) is 10.8. The fraction of sp³-hybridized carbons (Fsp3) is 0.125. The van der Waals surface area contributed by atoms with Crippen molar-refractivity contribution in [3.63, 3.8) is 0 Å². The van der Waals surface area contributed by atoms with Crippen molar-refractivity contribution in [3.05, 3.63) is 65.5 Å². The van der Waals surface area contributed by atoms with Gasteiger partial charge in [-0.3, -0.25) is 0 Å². The first-order valence-corrected chi connectivity index (χ1v) is 6.36. The summed E-state index contributed by atoms with van der Waals surface area (Å²) in [5.41, 5.74) is 3.51. The lowest BCUT2D eigenvalue weighted by atomic mass is 10.1. The highest BCUT2D eigenvalue weighted by atomic mass is 16.3. The summed E-state index contributed by atoms with van der Waals surface area (Å²) in [6.45, 7) is 0.485. The fourth-order valence-electron chi connectivity index (χ4n) is 2.34. The molecule has 98 valence electrons. The Balaban J connectivity index is 2.07. The summed E-state index contributed by atoms with van der Waals surface area (Å²) < 4.78 is 1.98. The Morgan fingerprint density at radius 3 is 2.80 bits per heavy atom. The average Bonchev–Trinajstić information content (AvgIpc) is 2.85. The number of nitriles is 1. The lowest BCUT2D eigenvalue weighted by Crippen LogP contribution is -2.05. The van der Waals surface area contributed by atoms with Gasteiger partial charge in [0.05, 0.1) is 22.7 Å². The summed E-state index contributed by atoms with van der Waals surface area (Å²) in [5, 5.41) is 18.4. The smallest absolute Gasteiger partial charge is 0.136 e. The third-order valence-electron chi connectivity index (χ3n) is 3.27. The predicted octanol–water partition coefficient (Wildman–Crippen LogP) is 2.45. The van der Waals surface area contributed by atoms with Crippen LogP contribution in [-0.4, -0.2) is 14.7 Å². The number of rotatable bonds is 3. The van der Waals surface area contributed by atoms with E-state index in [0.717, 1.165) is 16.6 Å². The first-order chi connectivity index (χ1) is 9.81. The summed E-state index contributed by atoms with van der Waals surface area (Å²) in [7, 11) is 0. The van der Waals surface area contributed by atoms with Crippen LogP contribution < -0.4 is 0 Å². The quantitative estimate of drug-likeness (QED) is 0.789. The van der Waals surface area contributed by atoms with Gasteiger partial charge in [0.15, 0.2) is 0 Å². The number of benzene rings is 2. The molecule has 3 rings (SSSR count). The maximum absolute atomic E-state index is 9.46. The molecule has 0 aliphatic rings. The summed E-state index contributed by atoms with van der Waals surface area (Å²) in [4.78, 5) is 4.42.